The number of aromatic nitrogens is 2. The minimum atomic E-state index is -3.51. The zero-order valence-corrected chi connectivity index (χ0v) is 29.4. The van der Waals surface area contributed by atoms with Crippen molar-refractivity contribution in [2.75, 3.05) is 18.6 Å². The minimum Gasteiger partial charge on any atom is -0.481 e. The summed E-state index contributed by atoms with van der Waals surface area (Å²) < 4.78 is 48.8. The van der Waals surface area contributed by atoms with Crippen LogP contribution in [0.4, 0.5) is 4.39 Å². The Morgan fingerprint density at radius 3 is 2.67 bits per heavy atom. The number of halogens is 1. The Morgan fingerprint density at radius 1 is 1.16 bits per heavy atom. The molecule has 0 saturated carbocycles. The number of carboxylic acids is 1. The van der Waals surface area contributed by atoms with Gasteiger partial charge in [-0.05, 0) is 73.4 Å². The van der Waals surface area contributed by atoms with E-state index in [1.54, 1.807) is 26.4 Å². The summed E-state index contributed by atoms with van der Waals surface area (Å²) in [5.41, 5.74) is 1.51. The molecule has 4 N–H and O–H groups in total. The fraction of sp³-hybridized carbons (Fsp3) is 0.405. The fourth-order valence-corrected chi connectivity index (χ4v) is 8.54. The maximum Gasteiger partial charge on any atom is 0.306 e. The Morgan fingerprint density at radius 2 is 1.94 bits per heavy atom. The lowest BCUT2D eigenvalue weighted by Crippen LogP contribution is -2.34. The molecule has 4 aromatic rings. The predicted molar refractivity (Wildman–Crippen MR) is 190 cm³/mol. The van der Waals surface area contributed by atoms with Crippen LogP contribution in [0.3, 0.4) is 0 Å². The number of carboxylic acid groups (broad SMARTS) is 1. The molecule has 1 aliphatic rings. The normalized spacial score (nSPS) is 21.7. The van der Waals surface area contributed by atoms with Crippen molar-refractivity contribution < 1.29 is 27.4 Å². The summed E-state index contributed by atoms with van der Waals surface area (Å²) in [7, 11) is -1.90. The number of aromatic amines is 1. The van der Waals surface area contributed by atoms with Gasteiger partial charge < -0.3 is 20.1 Å². The SMILES string of the molecule is CN/C1=N\C(=N)[C@@](C)(c2cccc(C[C@@H](C)C(=O)O)c2)CCCC(C)(C)CS(=O)(=O)CCc2c(ncc3[nH]ccc23)Oc2ccc(F)c1c2. The average molecular weight is 690 g/mol. The first-order valence-electron chi connectivity index (χ1n) is 16.4. The van der Waals surface area contributed by atoms with Gasteiger partial charge in [-0.1, -0.05) is 51.5 Å². The highest BCUT2D eigenvalue weighted by molar-refractivity contribution is 7.91. The molecule has 0 spiro atoms. The second-order valence-electron chi connectivity index (χ2n) is 14.0. The first-order valence-corrected chi connectivity index (χ1v) is 18.2. The lowest BCUT2D eigenvalue weighted by Gasteiger charge is -2.32. The number of hydrogen-bond donors (Lipinski definition) is 4. The Kier molecular flexibility index (Phi) is 10.3. The Hall–Kier alpha value is -4.58. The van der Waals surface area contributed by atoms with Crippen molar-refractivity contribution in [3.63, 3.8) is 0 Å². The van der Waals surface area contributed by atoms with Crippen LogP contribution in [0.25, 0.3) is 10.9 Å². The summed E-state index contributed by atoms with van der Waals surface area (Å²) in [5.74, 6) is -1.60. The number of aryl methyl sites for hydroxylation is 1. The number of aliphatic imine (C=N–C) groups is 1. The summed E-state index contributed by atoms with van der Waals surface area (Å²) in [5, 5.41) is 22.6. The van der Waals surface area contributed by atoms with Crippen LogP contribution >= 0.6 is 0 Å². The second kappa shape index (κ2) is 14.1. The van der Waals surface area contributed by atoms with Gasteiger partial charge in [0.15, 0.2) is 9.84 Å². The van der Waals surface area contributed by atoms with E-state index in [4.69, 9.17) is 4.74 Å². The molecule has 2 atom stereocenters. The lowest BCUT2D eigenvalue weighted by atomic mass is 9.74. The lowest BCUT2D eigenvalue weighted by molar-refractivity contribution is -0.141. The molecule has 260 valence electrons. The molecule has 10 nitrogen and oxygen atoms in total. The number of ether oxygens (including phenoxy) is 1. The van der Waals surface area contributed by atoms with E-state index in [-0.39, 0.29) is 46.8 Å². The maximum atomic E-state index is 15.5. The number of aliphatic carboxylic acids is 1. The van der Waals surface area contributed by atoms with Crippen LogP contribution in [0.5, 0.6) is 11.6 Å². The van der Waals surface area contributed by atoms with Crippen molar-refractivity contribution >= 4 is 38.4 Å². The quantitative estimate of drug-likeness (QED) is 0.183. The molecule has 1 aliphatic heterocycles. The molecule has 12 heteroatoms. The molecular formula is C37H44FN5O5S. The van der Waals surface area contributed by atoms with Crippen LogP contribution in [0, 0.1) is 22.6 Å². The molecule has 2 bridgehead atoms. The second-order valence-corrected chi connectivity index (χ2v) is 16.2. The van der Waals surface area contributed by atoms with E-state index in [0.717, 1.165) is 22.0 Å². The summed E-state index contributed by atoms with van der Waals surface area (Å²) in [6.07, 6.45) is 5.46. The monoisotopic (exact) mass is 689 g/mol. The van der Waals surface area contributed by atoms with Crippen LogP contribution in [-0.4, -0.2) is 59.7 Å². The molecule has 3 heterocycles. The maximum absolute atomic E-state index is 15.5. The summed E-state index contributed by atoms with van der Waals surface area (Å²) >= 11 is 0. The van der Waals surface area contributed by atoms with Gasteiger partial charge in [-0.3, -0.25) is 10.2 Å². The third kappa shape index (κ3) is 8.18. The summed E-state index contributed by atoms with van der Waals surface area (Å²) in [4.78, 5) is 23.9. The summed E-state index contributed by atoms with van der Waals surface area (Å²) in [6.45, 7) is 7.43. The van der Waals surface area contributed by atoms with E-state index in [0.29, 0.717) is 31.2 Å². The number of amidine groups is 2. The third-order valence-corrected chi connectivity index (χ3v) is 11.4. The average Bonchev–Trinajstić information content (AvgIpc) is 3.52. The van der Waals surface area contributed by atoms with Gasteiger partial charge in [0.05, 0.1) is 40.1 Å². The number of nitrogens with zero attached hydrogens (tertiary/aromatic N) is 2. The van der Waals surface area contributed by atoms with E-state index >= 15 is 4.39 Å². The number of nitrogens with one attached hydrogen (secondary N) is 3. The number of sulfone groups is 1. The first kappa shape index (κ1) is 35.7. The van der Waals surface area contributed by atoms with E-state index in [1.807, 2.05) is 51.1 Å². The number of pyridine rings is 1. The standard InChI is InChI=1S/C37H44FN5O5S/c1-23(34(44)45)18-24-8-6-9-25(19-24)37(4)15-7-14-36(2,3)22-49(46,47)17-13-28-27-12-16-41-31(27)21-42-33(28)48-26-10-11-30(38)29(20-26)32(40-5)43-35(37)39/h6,8-12,16,19-21,23,41H,7,13-15,17-18,22H2,1-5H3,(H,44,45)(H2,39,40,43)/t23-,37-/m1/s1. The van der Waals surface area contributed by atoms with Crippen molar-refractivity contribution in [2.45, 2.75) is 65.2 Å². The number of hydrogen-bond acceptors (Lipinski definition) is 7. The molecule has 2 aromatic carbocycles. The molecular weight excluding hydrogens is 646 g/mol. The van der Waals surface area contributed by atoms with E-state index < -0.39 is 38.4 Å². The molecule has 5 rings (SSSR count). The van der Waals surface area contributed by atoms with Gasteiger partial charge in [0.2, 0.25) is 5.88 Å². The predicted octanol–water partition coefficient (Wildman–Crippen LogP) is 6.83. The van der Waals surface area contributed by atoms with Crippen molar-refractivity contribution in [1.82, 2.24) is 15.3 Å². The molecule has 0 fully saturated rings. The number of benzene rings is 2. The van der Waals surface area contributed by atoms with Crippen LogP contribution in [0.15, 0.2) is 65.9 Å². The van der Waals surface area contributed by atoms with E-state index in [1.165, 1.54) is 18.2 Å². The number of H-pyrrole nitrogens is 1. The topological polar surface area (TPSA) is 158 Å². The zero-order valence-electron chi connectivity index (χ0n) is 28.6. The van der Waals surface area contributed by atoms with Gasteiger partial charge in [-0.25, -0.2) is 22.8 Å². The molecule has 0 radical (unpaired) electrons. The zero-order chi connectivity index (χ0) is 35.6. The minimum absolute atomic E-state index is 0.0210. The van der Waals surface area contributed by atoms with Gasteiger partial charge in [0, 0.05) is 24.2 Å². The van der Waals surface area contributed by atoms with Crippen molar-refractivity contribution in [3.8, 4) is 11.6 Å². The molecule has 0 amide bonds. The largest absolute Gasteiger partial charge is 0.481 e. The van der Waals surface area contributed by atoms with Crippen molar-refractivity contribution in [2.24, 2.45) is 16.3 Å². The molecule has 0 saturated heterocycles. The van der Waals surface area contributed by atoms with Crippen LogP contribution in [-0.2, 0) is 32.9 Å². The van der Waals surface area contributed by atoms with Gasteiger partial charge in [0.25, 0.3) is 0 Å². The van der Waals surface area contributed by atoms with E-state index in [2.05, 4.69) is 20.3 Å². The highest BCUT2D eigenvalue weighted by Crippen LogP contribution is 2.37. The summed E-state index contributed by atoms with van der Waals surface area (Å²) in [6, 6.07) is 13.6. The molecule has 0 aliphatic carbocycles. The van der Waals surface area contributed by atoms with Crippen molar-refractivity contribution in [1.29, 1.82) is 5.41 Å². The van der Waals surface area contributed by atoms with Gasteiger partial charge in [0.1, 0.15) is 23.2 Å². The Bertz CT molecular complexity index is 2020. The van der Waals surface area contributed by atoms with Crippen molar-refractivity contribution in [3.05, 3.63) is 89.0 Å². The molecule has 2 aromatic heterocycles. The molecule has 49 heavy (non-hydrogen) atoms. The van der Waals surface area contributed by atoms with Gasteiger partial charge in [-0.15, -0.1) is 0 Å². The number of rotatable bonds is 4. The third-order valence-electron chi connectivity index (χ3n) is 9.40. The smallest absolute Gasteiger partial charge is 0.306 e. The highest BCUT2D eigenvalue weighted by Gasteiger charge is 2.35. The van der Waals surface area contributed by atoms with Crippen LogP contribution in [0.2, 0.25) is 0 Å². The van der Waals surface area contributed by atoms with Gasteiger partial charge in [-0.2, -0.15) is 0 Å². The first-order chi connectivity index (χ1) is 23.1. The van der Waals surface area contributed by atoms with Crippen LogP contribution < -0.4 is 10.1 Å². The number of fused-ring (bicyclic) bond motifs is 5. The molecule has 0 unspecified atom stereocenters. The Balaban J connectivity index is 1.63. The van der Waals surface area contributed by atoms with Crippen LogP contribution in [0.1, 0.15) is 69.2 Å². The highest BCUT2D eigenvalue weighted by atomic mass is 32.2. The van der Waals surface area contributed by atoms with Gasteiger partial charge >= 0.3 is 5.97 Å². The van der Waals surface area contributed by atoms with E-state index in [9.17, 15) is 23.7 Å². The number of carbonyl (C=O) groups is 1. The fourth-order valence-electron chi connectivity index (χ4n) is 6.54. The Labute approximate surface area is 286 Å².